The fourth-order valence-electron chi connectivity index (χ4n) is 2.14. The molecule has 1 aliphatic heterocycles. The number of nitrogens with two attached hydrogens (primary N) is 1. The molecule has 0 spiro atoms. The molecule has 1 aliphatic rings. The van der Waals surface area contributed by atoms with Gasteiger partial charge in [0.05, 0.1) is 0 Å². The van der Waals surface area contributed by atoms with Crippen molar-refractivity contribution in [1.29, 1.82) is 0 Å². The summed E-state index contributed by atoms with van der Waals surface area (Å²) in [6.07, 6.45) is 1.33. The molecule has 18 heavy (non-hydrogen) atoms. The van der Waals surface area contributed by atoms with Crippen LogP contribution in [0.2, 0.25) is 0 Å². The highest BCUT2D eigenvalue weighted by Gasteiger charge is 2.28. The molecular formula is C12H23N3O3. The number of aliphatic carboxylic acids is 1. The maximum atomic E-state index is 11.9. The molecule has 0 aliphatic carbocycles. The van der Waals surface area contributed by atoms with Crippen molar-refractivity contribution in [1.82, 2.24) is 10.2 Å². The summed E-state index contributed by atoms with van der Waals surface area (Å²) >= 11 is 0. The molecule has 1 fully saturated rings. The molecule has 0 bridgehead atoms. The normalized spacial score (nSPS) is 21.1. The average molecular weight is 257 g/mol. The van der Waals surface area contributed by atoms with Gasteiger partial charge in [-0.3, -0.25) is 0 Å². The van der Waals surface area contributed by atoms with Crippen molar-refractivity contribution in [3.8, 4) is 0 Å². The molecule has 6 nitrogen and oxygen atoms in total. The summed E-state index contributed by atoms with van der Waals surface area (Å²) in [5, 5.41) is 11.6. The van der Waals surface area contributed by atoms with Gasteiger partial charge in [-0.1, -0.05) is 13.8 Å². The van der Waals surface area contributed by atoms with E-state index in [0.717, 1.165) is 6.42 Å². The number of likely N-dealkylation sites (tertiary alicyclic amines) is 1. The lowest BCUT2D eigenvalue weighted by Gasteiger charge is -2.22. The fraction of sp³-hybridized carbons (Fsp3) is 0.833. The minimum atomic E-state index is -0.980. The molecule has 104 valence electrons. The van der Waals surface area contributed by atoms with E-state index in [1.54, 1.807) is 4.90 Å². The third-order valence-corrected chi connectivity index (χ3v) is 3.21. The highest BCUT2D eigenvalue weighted by molar-refractivity contribution is 5.82. The van der Waals surface area contributed by atoms with Crippen LogP contribution >= 0.6 is 0 Å². The first-order chi connectivity index (χ1) is 8.43. The van der Waals surface area contributed by atoms with Gasteiger partial charge in [-0.05, 0) is 31.2 Å². The zero-order valence-corrected chi connectivity index (χ0v) is 11.1. The molecule has 2 atom stereocenters. The van der Waals surface area contributed by atoms with Crippen LogP contribution in [0.4, 0.5) is 4.79 Å². The molecule has 4 N–H and O–H groups in total. The standard InChI is InChI=1S/C12H23N3O3/c1-8(2)5-10(11(16)17)14-12(18)15-4-3-9(6-13)7-15/h8-10H,3-7,13H2,1-2H3,(H,14,18)(H,16,17). The second kappa shape index (κ2) is 6.58. The Labute approximate surface area is 108 Å². The minimum Gasteiger partial charge on any atom is -0.480 e. The molecule has 2 unspecified atom stereocenters. The Morgan fingerprint density at radius 1 is 1.50 bits per heavy atom. The van der Waals surface area contributed by atoms with Crippen molar-refractivity contribution in [2.24, 2.45) is 17.6 Å². The first-order valence-electron chi connectivity index (χ1n) is 6.42. The van der Waals surface area contributed by atoms with Gasteiger partial charge in [0, 0.05) is 13.1 Å². The van der Waals surface area contributed by atoms with Gasteiger partial charge in [0.25, 0.3) is 0 Å². The Morgan fingerprint density at radius 2 is 2.17 bits per heavy atom. The predicted molar refractivity (Wildman–Crippen MR) is 68.1 cm³/mol. The highest BCUT2D eigenvalue weighted by Crippen LogP contribution is 2.15. The molecule has 0 radical (unpaired) electrons. The number of urea groups is 1. The first-order valence-corrected chi connectivity index (χ1v) is 6.42. The summed E-state index contributed by atoms with van der Waals surface area (Å²) < 4.78 is 0. The number of hydrogen-bond donors (Lipinski definition) is 3. The van der Waals surface area contributed by atoms with E-state index in [0.29, 0.717) is 32.0 Å². The summed E-state index contributed by atoms with van der Waals surface area (Å²) in [7, 11) is 0. The van der Waals surface area contributed by atoms with Crippen LogP contribution in [-0.2, 0) is 4.79 Å². The number of carboxylic acids is 1. The van der Waals surface area contributed by atoms with Gasteiger partial charge in [-0.25, -0.2) is 9.59 Å². The van der Waals surface area contributed by atoms with Crippen LogP contribution in [0.15, 0.2) is 0 Å². The Balaban J connectivity index is 2.49. The second-order valence-electron chi connectivity index (χ2n) is 5.31. The van der Waals surface area contributed by atoms with Crippen molar-refractivity contribution >= 4 is 12.0 Å². The zero-order chi connectivity index (χ0) is 13.7. The largest absolute Gasteiger partial charge is 0.480 e. The molecule has 1 saturated heterocycles. The van der Waals surface area contributed by atoms with Gasteiger partial charge in [-0.2, -0.15) is 0 Å². The first kappa shape index (κ1) is 14.8. The maximum absolute atomic E-state index is 11.9. The van der Waals surface area contributed by atoms with Crippen LogP contribution in [0.25, 0.3) is 0 Å². The minimum absolute atomic E-state index is 0.224. The van der Waals surface area contributed by atoms with Gasteiger partial charge in [0.1, 0.15) is 6.04 Å². The van der Waals surface area contributed by atoms with Crippen LogP contribution in [0, 0.1) is 11.8 Å². The van der Waals surface area contributed by atoms with E-state index in [4.69, 9.17) is 10.8 Å². The summed E-state index contributed by atoms with van der Waals surface area (Å²) in [6.45, 7) is 5.71. The quantitative estimate of drug-likeness (QED) is 0.667. The van der Waals surface area contributed by atoms with E-state index in [2.05, 4.69) is 5.32 Å². The zero-order valence-electron chi connectivity index (χ0n) is 11.1. The van der Waals surface area contributed by atoms with Crippen LogP contribution < -0.4 is 11.1 Å². The molecule has 6 heteroatoms. The summed E-state index contributed by atoms with van der Waals surface area (Å²) in [5.74, 6) is -0.419. The summed E-state index contributed by atoms with van der Waals surface area (Å²) in [6, 6.07) is -1.10. The molecule has 0 aromatic heterocycles. The molecule has 1 heterocycles. The number of nitrogens with zero attached hydrogens (tertiary/aromatic N) is 1. The van der Waals surface area contributed by atoms with Gasteiger partial charge in [0.2, 0.25) is 0 Å². The number of carboxylic acid groups (broad SMARTS) is 1. The Bertz CT molecular complexity index is 307. The van der Waals surface area contributed by atoms with Gasteiger partial charge >= 0.3 is 12.0 Å². The lowest BCUT2D eigenvalue weighted by molar-refractivity contribution is -0.139. The van der Waals surface area contributed by atoms with Crippen LogP contribution in [0.1, 0.15) is 26.7 Å². The number of nitrogens with one attached hydrogen (secondary N) is 1. The molecular weight excluding hydrogens is 234 g/mol. The van der Waals surface area contributed by atoms with Gasteiger partial charge in [-0.15, -0.1) is 0 Å². The Hall–Kier alpha value is -1.30. The molecule has 0 aromatic carbocycles. The number of rotatable bonds is 5. The summed E-state index contributed by atoms with van der Waals surface area (Å²) in [4.78, 5) is 24.6. The van der Waals surface area contributed by atoms with Crippen molar-refractivity contribution < 1.29 is 14.7 Å². The predicted octanol–water partition coefficient (Wildman–Crippen LogP) is 0.476. The van der Waals surface area contributed by atoms with E-state index < -0.39 is 12.0 Å². The van der Waals surface area contributed by atoms with Crippen LogP contribution in [-0.4, -0.2) is 47.7 Å². The van der Waals surface area contributed by atoms with Crippen molar-refractivity contribution in [2.75, 3.05) is 19.6 Å². The molecule has 0 aromatic rings. The molecule has 0 saturated carbocycles. The van der Waals surface area contributed by atoms with Gasteiger partial charge < -0.3 is 21.1 Å². The topological polar surface area (TPSA) is 95.7 Å². The van der Waals surface area contributed by atoms with Gasteiger partial charge in [0.15, 0.2) is 0 Å². The smallest absolute Gasteiger partial charge is 0.326 e. The Kier molecular flexibility index (Phi) is 5.40. The van der Waals surface area contributed by atoms with E-state index in [-0.39, 0.29) is 11.9 Å². The molecule has 1 rings (SSSR count). The van der Waals surface area contributed by atoms with Crippen molar-refractivity contribution in [2.45, 2.75) is 32.7 Å². The lowest BCUT2D eigenvalue weighted by Crippen LogP contribution is -2.47. The van der Waals surface area contributed by atoms with E-state index in [9.17, 15) is 9.59 Å². The fourth-order valence-corrected chi connectivity index (χ4v) is 2.14. The third-order valence-electron chi connectivity index (χ3n) is 3.21. The van der Waals surface area contributed by atoms with E-state index >= 15 is 0 Å². The van der Waals surface area contributed by atoms with Crippen molar-refractivity contribution in [3.63, 3.8) is 0 Å². The average Bonchev–Trinajstić information content (AvgIpc) is 2.75. The second-order valence-corrected chi connectivity index (χ2v) is 5.31. The SMILES string of the molecule is CC(C)CC(NC(=O)N1CCC(CN)C1)C(=O)O. The molecule has 2 amide bonds. The number of hydrogen-bond acceptors (Lipinski definition) is 3. The maximum Gasteiger partial charge on any atom is 0.326 e. The van der Waals surface area contributed by atoms with Crippen LogP contribution in [0.3, 0.4) is 0 Å². The lowest BCUT2D eigenvalue weighted by atomic mass is 10.0. The van der Waals surface area contributed by atoms with Crippen LogP contribution in [0.5, 0.6) is 0 Å². The number of amides is 2. The number of carbonyl (C=O) groups is 2. The van der Waals surface area contributed by atoms with Crippen molar-refractivity contribution in [3.05, 3.63) is 0 Å². The van der Waals surface area contributed by atoms with E-state index in [1.165, 1.54) is 0 Å². The number of carbonyl (C=O) groups excluding carboxylic acids is 1. The van der Waals surface area contributed by atoms with E-state index in [1.807, 2.05) is 13.8 Å². The monoisotopic (exact) mass is 257 g/mol. The summed E-state index contributed by atoms with van der Waals surface area (Å²) in [5.41, 5.74) is 5.56. The third kappa shape index (κ3) is 4.18. The highest BCUT2D eigenvalue weighted by atomic mass is 16.4. The Morgan fingerprint density at radius 3 is 2.61 bits per heavy atom.